The average molecular weight is 293 g/mol. The number of hydrogen-bond acceptors (Lipinski definition) is 5. The fourth-order valence-electron chi connectivity index (χ4n) is 1.99. The van der Waals surface area contributed by atoms with E-state index in [0.717, 1.165) is 30.5 Å². The monoisotopic (exact) mass is 293 g/mol. The predicted molar refractivity (Wildman–Crippen MR) is 86.9 cm³/mol. The van der Waals surface area contributed by atoms with Crippen molar-refractivity contribution in [3.8, 4) is 0 Å². The summed E-state index contributed by atoms with van der Waals surface area (Å²) in [4.78, 5) is 24.9. The second kappa shape index (κ2) is 7.81. The van der Waals surface area contributed by atoms with Crippen molar-refractivity contribution in [1.29, 1.82) is 0 Å². The molecule has 0 bridgehead atoms. The summed E-state index contributed by atoms with van der Waals surface area (Å²) in [5.74, 6) is 2.66. The first kappa shape index (κ1) is 17.2. The summed E-state index contributed by atoms with van der Waals surface area (Å²) in [5, 5.41) is 3.04. The molecule has 0 saturated heterocycles. The van der Waals surface area contributed by atoms with E-state index in [4.69, 9.17) is 0 Å². The van der Waals surface area contributed by atoms with Gasteiger partial charge in [0.2, 0.25) is 5.91 Å². The highest BCUT2D eigenvalue weighted by Gasteiger charge is 2.15. The van der Waals surface area contributed by atoms with Crippen LogP contribution in [-0.2, 0) is 4.79 Å². The van der Waals surface area contributed by atoms with Gasteiger partial charge in [-0.15, -0.1) is 0 Å². The highest BCUT2D eigenvalue weighted by atomic mass is 16.2. The van der Waals surface area contributed by atoms with E-state index >= 15 is 0 Å². The summed E-state index contributed by atoms with van der Waals surface area (Å²) in [6.07, 6.45) is 0. The first-order valence-corrected chi connectivity index (χ1v) is 7.48. The normalized spacial score (nSPS) is 10.6. The van der Waals surface area contributed by atoms with Crippen LogP contribution in [0.2, 0.25) is 0 Å². The minimum absolute atomic E-state index is 0.109. The van der Waals surface area contributed by atoms with Crippen molar-refractivity contribution in [1.82, 2.24) is 14.9 Å². The number of nitrogens with zero attached hydrogens (tertiary/aromatic N) is 4. The number of likely N-dealkylation sites (N-methyl/N-ethyl adjacent to an activating group) is 2. The lowest BCUT2D eigenvalue weighted by Crippen LogP contribution is -2.39. The lowest BCUT2D eigenvalue weighted by Gasteiger charge is -2.24. The van der Waals surface area contributed by atoms with Gasteiger partial charge in [0.1, 0.15) is 17.5 Å². The Bertz CT molecular complexity index is 471. The van der Waals surface area contributed by atoms with Crippen molar-refractivity contribution >= 4 is 17.5 Å². The molecule has 1 aromatic heterocycles. The van der Waals surface area contributed by atoms with E-state index < -0.39 is 0 Å². The Morgan fingerprint density at radius 3 is 2.38 bits per heavy atom. The molecule has 1 aromatic rings. The maximum atomic E-state index is 12.2. The van der Waals surface area contributed by atoms with E-state index in [2.05, 4.69) is 29.1 Å². The van der Waals surface area contributed by atoms with Crippen molar-refractivity contribution in [3.05, 3.63) is 11.9 Å². The van der Waals surface area contributed by atoms with E-state index in [9.17, 15) is 4.79 Å². The number of anilines is 2. The van der Waals surface area contributed by atoms with E-state index in [1.165, 1.54) is 0 Å². The standard InChI is InChI=1S/C15H27N5O/c1-7-20(8-2)14(21)10-19(6)13-9-12(16-5)17-15(18-13)11(3)4/h9,11H,7-8,10H2,1-6H3,(H,16,17,18). The van der Waals surface area contributed by atoms with Crippen LogP contribution in [0.15, 0.2) is 6.07 Å². The summed E-state index contributed by atoms with van der Waals surface area (Å²) in [6.45, 7) is 9.86. The molecule has 0 unspecified atom stereocenters. The molecule has 0 fully saturated rings. The number of aromatic nitrogens is 2. The molecule has 1 amide bonds. The smallest absolute Gasteiger partial charge is 0.242 e. The highest BCUT2D eigenvalue weighted by Crippen LogP contribution is 2.19. The van der Waals surface area contributed by atoms with Crippen molar-refractivity contribution in [2.45, 2.75) is 33.6 Å². The van der Waals surface area contributed by atoms with Crippen LogP contribution in [0.3, 0.4) is 0 Å². The largest absolute Gasteiger partial charge is 0.373 e. The van der Waals surface area contributed by atoms with Crippen LogP contribution in [0.1, 0.15) is 39.4 Å². The van der Waals surface area contributed by atoms with Crippen molar-refractivity contribution < 1.29 is 4.79 Å². The highest BCUT2D eigenvalue weighted by molar-refractivity contribution is 5.81. The van der Waals surface area contributed by atoms with Crippen molar-refractivity contribution in [2.24, 2.45) is 0 Å². The minimum atomic E-state index is 0.109. The predicted octanol–water partition coefficient (Wildman–Crippen LogP) is 1.95. The SMILES string of the molecule is CCN(CC)C(=O)CN(C)c1cc(NC)nc(C(C)C)n1. The topological polar surface area (TPSA) is 61.4 Å². The Morgan fingerprint density at radius 2 is 1.90 bits per heavy atom. The Kier molecular flexibility index (Phi) is 6.39. The van der Waals surface area contributed by atoms with Crippen LogP contribution < -0.4 is 10.2 Å². The number of amides is 1. The summed E-state index contributed by atoms with van der Waals surface area (Å²) >= 11 is 0. The molecule has 1 rings (SSSR count). The van der Waals surface area contributed by atoms with Crippen LogP contribution in [0, 0.1) is 0 Å². The molecule has 0 spiro atoms. The molecule has 21 heavy (non-hydrogen) atoms. The van der Waals surface area contributed by atoms with Gasteiger partial charge in [-0.2, -0.15) is 0 Å². The number of nitrogens with one attached hydrogen (secondary N) is 1. The average Bonchev–Trinajstić information content (AvgIpc) is 2.47. The Morgan fingerprint density at radius 1 is 1.29 bits per heavy atom. The van der Waals surface area contributed by atoms with Crippen LogP contribution in [0.4, 0.5) is 11.6 Å². The fraction of sp³-hybridized carbons (Fsp3) is 0.667. The molecule has 6 nitrogen and oxygen atoms in total. The van der Waals surface area contributed by atoms with Gasteiger partial charge in [0.25, 0.3) is 0 Å². The van der Waals surface area contributed by atoms with E-state index in [1.54, 1.807) is 0 Å². The Labute approximate surface area is 127 Å². The third-order valence-corrected chi connectivity index (χ3v) is 3.38. The molecule has 0 aliphatic heterocycles. The van der Waals surface area contributed by atoms with Gasteiger partial charge in [-0.3, -0.25) is 4.79 Å². The van der Waals surface area contributed by atoms with E-state index in [1.807, 2.05) is 43.8 Å². The molecule has 0 aromatic carbocycles. The van der Waals surface area contributed by atoms with Gasteiger partial charge in [0.15, 0.2) is 0 Å². The molecule has 0 aliphatic carbocycles. The van der Waals surface area contributed by atoms with E-state index in [0.29, 0.717) is 6.54 Å². The van der Waals surface area contributed by atoms with E-state index in [-0.39, 0.29) is 11.8 Å². The van der Waals surface area contributed by atoms with Crippen molar-refractivity contribution in [2.75, 3.05) is 43.9 Å². The first-order valence-electron chi connectivity index (χ1n) is 7.48. The Balaban J connectivity index is 2.93. The second-order valence-electron chi connectivity index (χ2n) is 5.30. The molecule has 6 heteroatoms. The van der Waals surface area contributed by atoms with Gasteiger partial charge < -0.3 is 15.1 Å². The zero-order valence-corrected chi connectivity index (χ0v) is 14.0. The van der Waals surface area contributed by atoms with Gasteiger partial charge >= 0.3 is 0 Å². The van der Waals surface area contributed by atoms with Crippen LogP contribution in [0.5, 0.6) is 0 Å². The van der Waals surface area contributed by atoms with Gasteiger partial charge in [0, 0.05) is 39.2 Å². The maximum Gasteiger partial charge on any atom is 0.242 e. The number of rotatable bonds is 7. The lowest BCUT2D eigenvalue weighted by atomic mass is 10.2. The van der Waals surface area contributed by atoms with Gasteiger partial charge in [-0.1, -0.05) is 13.8 Å². The maximum absolute atomic E-state index is 12.2. The minimum Gasteiger partial charge on any atom is -0.373 e. The van der Waals surface area contributed by atoms with Gasteiger partial charge in [-0.05, 0) is 13.8 Å². The summed E-state index contributed by atoms with van der Waals surface area (Å²) in [7, 11) is 3.71. The van der Waals surface area contributed by atoms with Gasteiger partial charge in [0.05, 0.1) is 6.54 Å². The molecular formula is C15H27N5O. The lowest BCUT2D eigenvalue weighted by molar-refractivity contribution is -0.129. The molecule has 0 atom stereocenters. The zero-order chi connectivity index (χ0) is 16.0. The number of carbonyl (C=O) groups excluding carboxylic acids is 1. The van der Waals surface area contributed by atoms with Crippen molar-refractivity contribution in [3.63, 3.8) is 0 Å². The first-order chi connectivity index (χ1) is 9.92. The third-order valence-electron chi connectivity index (χ3n) is 3.38. The molecular weight excluding hydrogens is 266 g/mol. The van der Waals surface area contributed by atoms with Crippen LogP contribution >= 0.6 is 0 Å². The molecule has 0 saturated carbocycles. The summed E-state index contributed by atoms with van der Waals surface area (Å²) < 4.78 is 0. The Hall–Kier alpha value is -1.85. The number of carbonyl (C=O) groups is 1. The quantitative estimate of drug-likeness (QED) is 0.832. The van der Waals surface area contributed by atoms with Gasteiger partial charge in [-0.25, -0.2) is 9.97 Å². The third kappa shape index (κ3) is 4.58. The zero-order valence-electron chi connectivity index (χ0n) is 14.0. The molecule has 1 heterocycles. The molecule has 118 valence electrons. The van der Waals surface area contributed by atoms with Crippen LogP contribution in [0.25, 0.3) is 0 Å². The van der Waals surface area contributed by atoms with Crippen LogP contribution in [-0.4, -0.2) is 54.5 Å². The second-order valence-corrected chi connectivity index (χ2v) is 5.30. The molecule has 0 radical (unpaired) electrons. The number of hydrogen-bond donors (Lipinski definition) is 1. The molecule has 0 aliphatic rings. The summed E-state index contributed by atoms with van der Waals surface area (Å²) in [6, 6.07) is 1.86. The summed E-state index contributed by atoms with van der Waals surface area (Å²) in [5.41, 5.74) is 0. The fourth-order valence-corrected chi connectivity index (χ4v) is 1.99. The molecule has 1 N–H and O–H groups in total.